The molecular formula is C18H18N2O6. The van der Waals surface area contributed by atoms with E-state index in [1.54, 1.807) is 6.07 Å². The predicted octanol–water partition coefficient (Wildman–Crippen LogP) is 3.90. The first-order valence-electron chi connectivity index (χ1n) is 7.97. The first-order chi connectivity index (χ1) is 12.0. The van der Waals surface area contributed by atoms with Crippen molar-refractivity contribution in [3.8, 4) is 11.5 Å². The van der Waals surface area contributed by atoms with Crippen LogP contribution in [0.3, 0.4) is 0 Å². The van der Waals surface area contributed by atoms with Crippen LogP contribution in [0.25, 0.3) is 0 Å². The highest BCUT2D eigenvalue weighted by Crippen LogP contribution is 2.55. The zero-order valence-corrected chi connectivity index (χ0v) is 14.5. The Hall–Kier alpha value is -3.16. The van der Waals surface area contributed by atoms with Crippen LogP contribution >= 0.6 is 0 Å². The van der Waals surface area contributed by atoms with Crippen molar-refractivity contribution in [3.63, 3.8) is 0 Å². The summed E-state index contributed by atoms with van der Waals surface area (Å²) < 4.78 is 0. The molecule has 1 unspecified atom stereocenters. The van der Waals surface area contributed by atoms with E-state index < -0.39 is 37.9 Å². The molecule has 0 aliphatic heterocycles. The molecule has 8 nitrogen and oxygen atoms in total. The first-order valence-corrected chi connectivity index (χ1v) is 7.97. The molecule has 0 fully saturated rings. The summed E-state index contributed by atoms with van der Waals surface area (Å²) in [5, 5.41) is 42.1. The number of phenolic OH excluding ortho intramolecular Hbond substituents is 2. The second-order valence-corrected chi connectivity index (χ2v) is 7.50. The molecule has 0 spiro atoms. The minimum absolute atomic E-state index is 0.363. The summed E-state index contributed by atoms with van der Waals surface area (Å²) in [6, 6.07) is 6.95. The van der Waals surface area contributed by atoms with Crippen molar-refractivity contribution in [3.05, 3.63) is 67.3 Å². The predicted molar refractivity (Wildman–Crippen MR) is 93.6 cm³/mol. The Balaban J connectivity index is 2.26. The average Bonchev–Trinajstić information content (AvgIpc) is 2.73. The van der Waals surface area contributed by atoms with Crippen LogP contribution < -0.4 is 0 Å². The smallest absolute Gasteiger partial charge is 0.311 e. The van der Waals surface area contributed by atoms with Crippen LogP contribution in [0.2, 0.25) is 0 Å². The normalized spacial score (nSPS) is 20.6. The molecule has 2 aromatic carbocycles. The van der Waals surface area contributed by atoms with E-state index in [1.165, 1.54) is 24.3 Å². The van der Waals surface area contributed by atoms with E-state index in [9.17, 15) is 30.4 Å². The number of hydrogen-bond donors (Lipinski definition) is 2. The minimum Gasteiger partial charge on any atom is -0.502 e. The van der Waals surface area contributed by atoms with Gasteiger partial charge in [0, 0.05) is 17.5 Å². The van der Waals surface area contributed by atoms with Crippen molar-refractivity contribution in [2.75, 3.05) is 0 Å². The fourth-order valence-corrected chi connectivity index (χ4v) is 4.08. The maximum atomic E-state index is 11.2. The van der Waals surface area contributed by atoms with Gasteiger partial charge in [-0.05, 0) is 40.7 Å². The Morgan fingerprint density at radius 2 is 1.46 bits per heavy atom. The van der Waals surface area contributed by atoms with Crippen molar-refractivity contribution in [2.45, 2.75) is 38.0 Å². The molecule has 1 aliphatic rings. The van der Waals surface area contributed by atoms with Gasteiger partial charge in [0.25, 0.3) is 0 Å². The van der Waals surface area contributed by atoms with Gasteiger partial charge in [0.1, 0.15) is 0 Å². The summed E-state index contributed by atoms with van der Waals surface area (Å²) in [5.74, 6) is -0.864. The fraction of sp³-hybridized carbons (Fsp3) is 0.333. The third kappa shape index (κ3) is 2.45. The molecule has 0 aromatic heterocycles. The van der Waals surface area contributed by atoms with Crippen LogP contribution in [0.4, 0.5) is 11.4 Å². The number of nitro benzene ring substituents is 2. The second kappa shape index (κ2) is 5.42. The summed E-state index contributed by atoms with van der Waals surface area (Å²) in [7, 11) is 0. The lowest BCUT2D eigenvalue weighted by Gasteiger charge is -2.28. The van der Waals surface area contributed by atoms with Gasteiger partial charge in [-0.25, -0.2) is 0 Å². The van der Waals surface area contributed by atoms with Gasteiger partial charge in [0.15, 0.2) is 11.5 Å². The summed E-state index contributed by atoms with van der Waals surface area (Å²) in [4.78, 5) is 21.0. The van der Waals surface area contributed by atoms with Crippen molar-refractivity contribution in [2.24, 2.45) is 0 Å². The van der Waals surface area contributed by atoms with Crippen molar-refractivity contribution in [1.82, 2.24) is 0 Å². The number of nitro groups is 2. The van der Waals surface area contributed by atoms with Gasteiger partial charge in [0.05, 0.1) is 9.85 Å². The van der Waals surface area contributed by atoms with Crippen molar-refractivity contribution < 1.29 is 20.1 Å². The van der Waals surface area contributed by atoms with Crippen molar-refractivity contribution >= 4 is 11.4 Å². The van der Waals surface area contributed by atoms with Gasteiger partial charge >= 0.3 is 11.4 Å². The lowest BCUT2D eigenvalue weighted by molar-refractivity contribution is -0.386. The average molecular weight is 358 g/mol. The molecule has 0 saturated carbocycles. The van der Waals surface area contributed by atoms with E-state index in [-0.39, 0.29) is 5.69 Å². The molecule has 2 aromatic rings. The molecule has 0 saturated heterocycles. The van der Waals surface area contributed by atoms with Crippen LogP contribution in [-0.2, 0) is 10.8 Å². The van der Waals surface area contributed by atoms with E-state index in [0.717, 1.165) is 5.56 Å². The number of phenols is 2. The Morgan fingerprint density at radius 3 is 2.04 bits per heavy atom. The maximum Gasteiger partial charge on any atom is 0.311 e. The van der Waals surface area contributed by atoms with E-state index in [0.29, 0.717) is 17.5 Å². The third-order valence-electron chi connectivity index (χ3n) is 5.24. The summed E-state index contributed by atoms with van der Waals surface area (Å²) in [5.41, 5.74) is 0.103. The van der Waals surface area contributed by atoms with Crippen LogP contribution in [0.1, 0.15) is 43.9 Å². The first kappa shape index (κ1) is 17.7. The molecule has 1 atom stereocenters. The number of benzene rings is 2. The molecule has 3 rings (SSSR count). The lowest BCUT2D eigenvalue weighted by atomic mass is 9.75. The zero-order chi connectivity index (χ0) is 19.4. The molecule has 0 amide bonds. The monoisotopic (exact) mass is 358 g/mol. The molecule has 26 heavy (non-hydrogen) atoms. The van der Waals surface area contributed by atoms with E-state index >= 15 is 0 Å². The Kier molecular flexibility index (Phi) is 3.68. The largest absolute Gasteiger partial charge is 0.502 e. The quantitative estimate of drug-likeness (QED) is 0.633. The van der Waals surface area contributed by atoms with Gasteiger partial charge in [0.2, 0.25) is 0 Å². The molecule has 1 aliphatic carbocycles. The highest BCUT2D eigenvalue weighted by atomic mass is 16.6. The highest BCUT2D eigenvalue weighted by molar-refractivity contribution is 5.62. The Morgan fingerprint density at radius 1 is 0.885 bits per heavy atom. The van der Waals surface area contributed by atoms with Gasteiger partial charge in [-0.1, -0.05) is 26.8 Å². The SMILES string of the molecule is CC1(C)CC(C)(c2ccc(O)c([N+](=O)[O-])c2)c2cc(O)c([N+](=O)[O-])cc21. The highest BCUT2D eigenvalue weighted by Gasteiger charge is 2.47. The number of aromatic hydroxyl groups is 2. The molecule has 136 valence electrons. The number of rotatable bonds is 3. The van der Waals surface area contributed by atoms with Gasteiger partial charge in [-0.2, -0.15) is 0 Å². The van der Waals surface area contributed by atoms with Crippen LogP contribution in [0.5, 0.6) is 11.5 Å². The van der Waals surface area contributed by atoms with E-state index in [2.05, 4.69) is 0 Å². The molecule has 0 radical (unpaired) electrons. The molecule has 0 heterocycles. The number of fused-ring (bicyclic) bond motifs is 1. The van der Waals surface area contributed by atoms with Gasteiger partial charge in [-0.15, -0.1) is 0 Å². The Labute approximate surface area is 149 Å². The minimum atomic E-state index is -0.704. The zero-order valence-electron chi connectivity index (χ0n) is 14.5. The van der Waals surface area contributed by atoms with E-state index in [4.69, 9.17) is 0 Å². The molecule has 8 heteroatoms. The summed E-state index contributed by atoms with van der Waals surface area (Å²) >= 11 is 0. The van der Waals surface area contributed by atoms with Crippen LogP contribution in [0.15, 0.2) is 30.3 Å². The number of hydrogen-bond acceptors (Lipinski definition) is 6. The summed E-state index contributed by atoms with van der Waals surface area (Å²) in [6.45, 7) is 5.75. The molecule has 2 N–H and O–H groups in total. The third-order valence-corrected chi connectivity index (χ3v) is 5.24. The van der Waals surface area contributed by atoms with Gasteiger partial charge in [-0.3, -0.25) is 20.2 Å². The van der Waals surface area contributed by atoms with Crippen LogP contribution in [0, 0.1) is 20.2 Å². The Bertz CT molecular complexity index is 953. The second-order valence-electron chi connectivity index (χ2n) is 7.50. The molecule has 0 bridgehead atoms. The fourth-order valence-electron chi connectivity index (χ4n) is 4.08. The lowest BCUT2D eigenvalue weighted by Crippen LogP contribution is -2.23. The van der Waals surface area contributed by atoms with Gasteiger partial charge < -0.3 is 10.2 Å². The van der Waals surface area contributed by atoms with Crippen LogP contribution in [-0.4, -0.2) is 20.1 Å². The van der Waals surface area contributed by atoms with Crippen molar-refractivity contribution in [1.29, 1.82) is 0 Å². The van der Waals surface area contributed by atoms with E-state index in [1.807, 2.05) is 20.8 Å². The standard InChI is InChI=1S/C18H18N2O6/c1-17(2)9-18(3,10-4-5-15(21)13(6-10)19(23)24)12-8-16(22)14(20(25)26)7-11(12)17/h4-8,21-22H,9H2,1-3H3. The topological polar surface area (TPSA) is 127 Å². The maximum absolute atomic E-state index is 11.2. The molecular weight excluding hydrogens is 340 g/mol. The number of nitrogens with zero attached hydrogens (tertiary/aromatic N) is 2. The summed E-state index contributed by atoms with van der Waals surface area (Å²) in [6.07, 6.45) is 0.540.